The predicted octanol–water partition coefficient (Wildman–Crippen LogP) is 9.89. The van der Waals surface area contributed by atoms with Gasteiger partial charge in [0.1, 0.15) is 12.6 Å². The van der Waals surface area contributed by atoms with Gasteiger partial charge in [-0.15, -0.1) is 5.10 Å². The van der Waals surface area contributed by atoms with E-state index in [-0.39, 0.29) is 6.73 Å². The number of aliphatic hydroxyl groups excluding tert-OH is 1. The summed E-state index contributed by atoms with van der Waals surface area (Å²) in [6.45, 7) is 6.78. The Kier molecular flexibility index (Phi) is 11.0. The van der Waals surface area contributed by atoms with Gasteiger partial charge in [-0.3, -0.25) is 0 Å². The number of anilines is 1. The van der Waals surface area contributed by atoms with E-state index in [1.165, 1.54) is 24.6 Å². The van der Waals surface area contributed by atoms with Crippen molar-refractivity contribution in [3.05, 3.63) is 130 Å². The number of benzene rings is 3. The highest BCUT2D eigenvalue weighted by atomic mass is 35.5. The minimum Gasteiger partial charge on any atom is -0.493 e. The zero-order valence-electron chi connectivity index (χ0n) is 30.4. The monoisotopic (exact) mass is 800 g/mol. The van der Waals surface area contributed by atoms with Gasteiger partial charge in [-0.1, -0.05) is 79.3 Å². The molecule has 3 aromatic carbocycles. The molecular weight excluding hydrogens is 760 g/mol. The third kappa shape index (κ3) is 8.43. The van der Waals surface area contributed by atoms with Crippen LogP contribution in [0.3, 0.4) is 0 Å². The summed E-state index contributed by atoms with van der Waals surface area (Å²) in [5, 5.41) is 20.7. The van der Waals surface area contributed by atoms with Crippen molar-refractivity contribution >= 4 is 52.7 Å². The molecule has 0 unspecified atom stereocenters. The summed E-state index contributed by atoms with van der Waals surface area (Å²) >= 11 is 12.8. The van der Waals surface area contributed by atoms with Gasteiger partial charge in [0.15, 0.2) is 0 Å². The highest BCUT2D eigenvalue weighted by Gasteiger charge is 2.38. The van der Waals surface area contributed by atoms with Gasteiger partial charge in [0, 0.05) is 49.1 Å². The second-order valence-corrected chi connectivity index (χ2v) is 22.9. The zero-order chi connectivity index (χ0) is 38.0. The average Bonchev–Trinajstić information content (AvgIpc) is 3.66. The summed E-state index contributed by atoms with van der Waals surface area (Å²) < 4.78 is 36.8. The molecule has 0 spiro atoms. The van der Waals surface area contributed by atoms with Gasteiger partial charge in [-0.2, -0.15) is 17.8 Å². The quantitative estimate of drug-likeness (QED) is 0.0987. The molecule has 3 heterocycles. The first-order valence-corrected chi connectivity index (χ1v) is 23.8. The minimum atomic E-state index is -4.14. The maximum atomic E-state index is 13.6. The SMILES string of the molecule is C[Si](C)(C)CCOCN1C(O)=CN(c2cccc(-n3cc(-c4ccc(Cl)cc4Cl)nc3Cc3ccc(-c4ccc(C5=CCCCC5)nn4)cc3)c2)S1(=O)=O. The molecule has 0 bridgehead atoms. The number of nitrogens with zero attached hydrogens (tertiary/aromatic N) is 6. The van der Waals surface area contributed by atoms with Crippen LogP contribution >= 0.6 is 23.2 Å². The summed E-state index contributed by atoms with van der Waals surface area (Å²) in [6, 6.07) is 25.4. The van der Waals surface area contributed by atoms with Crippen LogP contribution in [0, 0.1) is 0 Å². The molecule has 7 rings (SSSR count). The Balaban J connectivity index is 1.16. The lowest BCUT2D eigenvalue weighted by Crippen LogP contribution is -2.36. The number of aliphatic hydroxyl groups is 1. The summed E-state index contributed by atoms with van der Waals surface area (Å²) in [6.07, 6.45) is 10.3. The Morgan fingerprint density at radius 1 is 0.889 bits per heavy atom. The molecule has 1 aliphatic carbocycles. The number of rotatable bonds is 12. The van der Waals surface area contributed by atoms with E-state index >= 15 is 0 Å². The van der Waals surface area contributed by atoms with Crippen LogP contribution in [0.5, 0.6) is 0 Å². The zero-order valence-corrected chi connectivity index (χ0v) is 33.7. The molecule has 0 atom stereocenters. The molecule has 14 heteroatoms. The molecule has 0 saturated carbocycles. The van der Waals surface area contributed by atoms with Crippen molar-refractivity contribution in [2.75, 3.05) is 17.6 Å². The molecule has 0 saturated heterocycles. The van der Waals surface area contributed by atoms with Crippen LogP contribution < -0.4 is 4.31 Å². The molecule has 1 N–H and O–H groups in total. The van der Waals surface area contributed by atoms with Crippen molar-refractivity contribution in [1.82, 2.24) is 24.1 Å². The fourth-order valence-corrected chi connectivity index (χ4v) is 8.98. The van der Waals surface area contributed by atoms with Crippen molar-refractivity contribution in [3.8, 4) is 28.2 Å². The third-order valence-electron chi connectivity index (χ3n) is 9.47. The van der Waals surface area contributed by atoms with Gasteiger partial charge in [-0.25, -0.2) is 9.29 Å². The van der Waals surface area contributed by atoms with Gasteiger partial charge >= 0.3 is 10.2 Å². The van der Waals surface area contributed by atoms with Gasteiger partial charge < -0.3 is 14.4 Å². The van der Waals surface area contributed by atoms with E-state index in [1.54, 1.807) is 30.3 Å². The normalized spacial score (nSPS) is 15.7. The van der Waals surface area contributed by atoms with Crippen molar-refractivity contribution < 1.29 is 18.3 Å². The van der Waals surface area contributed by atoms with Crippen LogP contribution in [-0.4, -0.2) is 59.0 Å². The lowest BCUT2D eigenvalue weighted by Gasteiger charge is -2.23. The van der Waals surface area contributed by atoms with Gasteiger partial charge in [0.25, 0.3) is 0 Å². The van der Waals surface area contributed by atoms with E-state index in [4.69, 9.17) is 32.9 Å². The summed E-state index contributed by atoms with van der Waals surface area (Å²) in [7, 11) is -5.52. The van der Waals surface area contributed by atoms with E-state index in [0.29, 0.717) is 51.5 Å². The number of ether oxygens (including phenoxy) is 1. The molecule has 0 amide bonds. The minimum absolute atomic E-state index is 0.281. The van der Waals surface area contributed by atoms with Crippen molar-refractivity contribution in [2.45, 2.75) is 57.8 Å². The molecule has 2 aromatic heterocycles. The van der Waals surface area contributed by atoms with Crippen molar-refractivity contribution in [1.29, 1.82) is 0 Å². The van der Waals surface area contributed by atoms with Crippen LogP contribution in [0.15, 0.2) is 103 Å². The maximum Gasteiger partial charge on any atom is 0.334 e. The molecule has 5 aromatic rings. The van der Waals surface area contributed by atoms with Gasteiger partial charge in [0.05, 0.1) is 34.0 Å². The van der Waals surface area contributed by atoms with Crippen molar-refractivity contribution in [3.63, 3.8) is 0 Å². The van der Waals surface area contributed by atoms with E-state index in [2.05, 4.69) is 35.9 Å². The molecule has 280 valence electrons. The topological polar surface area (TPSA) is 114 Å². The van der Waals surface area contributed by atoms with Gasteiger partial charge in [-0.05, 0) is 91.4 Å². The second kappa shape index (κ2) is 15.7. The number of allylic oxidation sites excluding steroid dienone is 2. The van der Waals surface area contributed by atoms with Crippen LogP contribution in [0.1, 0.15) is 42.8 Å². The smallest absolute Gasteiger partial charge is 0.334 e. The Morgan fingerprint density at radius 2 is 1.65 bits per heavy atom. The Bertz CT molecular complexity index is 2320. The van der Waals surface area contributed by atoms with Crippen molar-refractivity contribution in [2.24, 2.45) is 0 Å². The Hall–Kier alpha value is -4.46. The molecule has 54 heavy (non-hydrogen) atoms. The average molecular weight is 802 g/mol. The first-order chi connectivity index (χ1) is 25.9. The Morgan fingerprint density at radius 3 is 2.35 bits per heavy atom. The maximum absolute atomic E-state index is 13.6. The lowest BCUT2D eigenvalue weighted by molar-refractivity contribution is 0.0747. The molecule has 0 fully saturated rings. The van der Waals surface area contributed by atoms with Gasteiger partial charge in [0.2, 0.25) is 5.88 Å². The molecule has 0 radical (unpaired) electrons. The predicted molar refractivity (Wildman–Crippen MR) is 219 cm³/mol. The second-order valence-electron chi connectivity index (χ2n) is 14.7. The van der Waals surface area contributed by atoms with E-state index in [0.717, 1.165) is 50.0 Å². The fraction of sp³-hybridized carbons (Fsp3) is 0.275. The first-order valence-electron chi connectivity index (χ1n) is 17.9. The largest absolute Gasteiger partial charge is 0.493 e. The summed E-state index contributed by atoms with van der Waals surface area (Å²) in [5.74, 6) is 0.286. The highest BCUT2D eigenvalue weighted by Crippen LogP contribution is 2.34. The first kappa shape index (κ1) is 37.8. The van der Waals surface area contributed by atoms with E-state index in [1.807, 2.05) is 59.3 Å². The lowest BCUT2D eigenvalue weighted by atomic mass is 9.97. The number of imidazole rings is 1. The Labute approximate surface area is 327 Å². The molecule has 2 aliphatic rings. The molecule has 1 aliphatic heterocycles. The highest BCUT2D eigenvalue weighted by molar-refractivity contribution is 7.91. The number of hydrogen-bond acceptors (Lipinski definition) is 7. The van der Waals surface area contributed by atoms with Crippen LogP contribution in [0.4, 0.5) is 5.69 Å². The van der Waals surface area contributed by atoms with Crippen LogP contribution in [0.25, 0.3) is 33.8 Å². The van der Waals surface area contributed by atoms with E-state index < -0.39 is 24.2 Å². The van der Waals surface area contributed by atoms with E-state index in [9.17, 15) is 13.5 Å². The summed E-state index contributed by atoms with van der Waals surface area (Å²) in [4.78, 5) is 5.02. The number of hydrogen-bond donors (Lipinski definition) is 1. The fourth-order valence-electron chi connectivity index (χ4n) is 6.40. The summed E-state index contributed by atoms with van der Waals surface area (Å²) in [5.41, 5.74) is 7.32. The number of aromatic nitrogens is 4. The molecule has 10 nitrogen and oxygen atoms in total. The van der Waals surface area contributed by atoms with Crippen LogP contribution in [-0.2, 0) is 21.4 Å². The standard InChI is InChI=1S/C40H42Cl2N6O4SSi/c1-54(2,3)21-20-52-27-48-40(49)26-47(53(48,50)51)33-11-7-10-32(24-33)46-25-38(34-17-16-31(41)23-35(34)42)43-39(46)22-28-12-14-30(15-13-28)37-19-18-36(44-45-37)29-8-5-4-6-9-29/h7-8,10-19,23-26,49H,4-6,9,20-22,27H2,1-3H3. The number of halogens is 2. The molecular formula is C40H42Cl2N6O4SSi. The third-order valence-corrected chi connectivity index (χ3v) is 13.4. The van der Waals surface area contributed by atoms with Crippen LogP contribution in [0.2, 0.25) is 35.7 Å².